The Hall–Kier alpha value is -2.06. The minimum Gasteiger partial charge on any atom is -0.492 e. The molecule has 2 aromatic heterocycles. The SMILES string of the molecule is N#Cc1cc(O)nn1-c1ncccc1Cl. The van der Waals surface area contributed by atoms with E-state index < -0.39 is 0 Å². The van der Waals surface area contributed by atoms with Gasteiger partial charge in [-0.25, -0.2) is 4.98 Å². The van der Waals surface area contributed by atoms with Crippen LogP contribution in [0.15, 0.2) is 24.4 Å². The fourth-order valence-corrected chi connectivity index (χ4v) is 1.34. The van der Waals surface area contributed by atoms with Gasteiger partial charge in [-0.05, 0) is 12.1 Å². The van der Waals surface area contributed by atoms with Crippen LogP contribution in [0.5, 0.6) is 5.88 Å². The smallest absolute Gasteiger partial charge is 0.232 e. The Morgan fingerprint density at radius 3 is 3.00 bits per heavy atom. The number of hydrogen-bond donors (Lipinski definition) is 1. The third kappa shape index (κ3) is 1.63. The first kappa shape index (κ1) is 9.49. The zero-order valence-electron chi connectivity index (χ0n) is 7.42. The fourth-order valence-electron chi connectivity index (χ4n) is 1.14. The average Bonchev–Trinajstić information content (AvgIpc) is 2.60. The van der Waals surface area contributed by atoms with E-state index in [1.54, 1.807) is 12.1 Å². The number of nitrogens with zero attached hydrogens (tertiary/aromatic N) is 4. The van der Waals surface area contributed by atoms with Crippen molar-refractivity contribution < 1.29 is 5.11 Å². The molecular formula is C9H5ClN4O. The first-order valence-electron chi connectivity index (χ1n) is 4.02. The molecule has 6 heteroatoms. The van der Waals surface area contributed by atoms with Crippen LogP contribution in [-0.2, 0) is 0 Å². The van der Waals surface area contributed by atoms with Crippen molar-refractivity contribution in [3.63, 3.8) is 0 Å². The van der Waals surface area contributed by atoms with Gasteiger partial charge in [0.2, 0.25) is 5.88 Å². The summed E-state index contributed by atoms with van der Waals surface area (Å²) in [5.41, 5.74) is 0.174. The van der Waals surface area contributed by atoms with E-state index in [-0.39, 0.29) is 11.6 Å². The molecule has 2 rings (SSSR count). The molecular weight excluding hydrogens is 216 g/mol. The number of aromatic nitrogens is 3. The van der Waals surface area contributed by atoms with Crippen molar-refractivity contribution >= 4 is 11.6 Å². The molecule has 2 heterocycles. The van der Waals surface area contributed by atoms with Crippen molar-refractivity contribution in [3.05, 3.63) is 35.1 Å². The molecule has 0 aliphatic carbocycles. The standard InChI is InChI=1S/C9H5ClN4O/c10-7-2-1-3-12-9(7)14-6(5-11)4-8(15)13-14/h1-4H,(H,13,15). The molecule has 0 radical (unpaired) electrons. The number of hydrogen-bond acceptors (Lipinski definition) is 4. The van der Waals surface area contributed by atoms with E-state index in [1.165, 1.54) is 16.9 Å². The van der Waals surface area contributed by atoms with Crippen LogP contribution in [0.3, 0.4) is 0 Å². The molecule has 0 spiro atoms. The summed E-state index contributed by atoms with van der Waals surface area (Å²) in [6, 6.07) is 6.42. The Kier molecular flexibility index (Phi) is 2.27. The number of rotatable bonds is 1. The topological polar surface area (TPSA) is 74.7 Å². The molecule has 0 aromatic carbocycles. The summed E-state index contributed by atoms with van der Waals surface area (Å²) in [7, 11) is 0. The van der Waals surface area contributed by atoms with Gasteiger partial charge in [-0.1, -0.05) is 11.6 Å². The highest BCUT2D eigenvalue weighted by Gasteiger charge is 2.11. The molecule has 0 amide bonds. The van der Waals surface area contributed by atoms with Crippen molar-refractivity contribution in [2.45, 2.75) is 0 Å². The molecule has 0 saturated carbocycles. The summed E-state index contributed by atoms with van der Waals surface area (Å²) >= 11 is 5.88. The molecule has 0 aliphatic rings. The van der Waals surface area contributed by atoms with E-state index in [4.69, 9.17) is 22.0 Å². The van der Waals surface area contributed by atoms with Gasteiger partial charge >= 0.3 is 0 Å². The molecule has 0 saturated heterocycles. The van der Waals surface area contributed by atoms with Crippen molar-refractivity contribution in [3.8, 4) is 17.8 Å². The van der Waals surface area contributed by atoms with E-state index in [0.29, 0.717) is 10.8 Å². The van der Waals surface area contributed by atoms with E-state index in [0.717, 1.165) is 0 Å². The highest BCUT2D eigenvalue weighted by molar-refractivity contribution is 6.32. The second-order valence-electron chi connectivity index (χ2n) is 2.72. The van der Waals surface area contributed by atoms with Gasteiger partial charge in [-0.3, -0.25) is 0 Å². The van der Waals surface area contributed by atoms with Crippen molar-refractivity contribution in [2.24, 2.45) is 0 Å². The molecule has 0 aliphatic heterocycles. The lowest BCUT2D eigenvalue weighted by Gasteiger charge is -2.02. The first-order valence-corrected chi connectivity index (χ1v) is 4.40. The summed E-state index contributed by atoms with van der Waals surface area (Å²) in [6.45, 7) is 0. The van der Waals surface area contributed by atoms with Crippen LogP contribution in [0.25, 0.3) is 5.82 Å². The van der Waals surface area contributed by atoms with Gasteiger partial charge in [0.15, 0.2) is 5.82 Å². The second-order valence-corrected chi connectivity index (χ2v) is 3.13. The van der Waals surface area contributed by atoms with Crippen LogP contribution in [0.2, 0.25) is 5.02 Å². The van der Waals surface area contributed by atoms with Gasteiger partial charge in [0.05, 0.1) is 5.02 Å². The van der Waals surface area contributed by atoms with E-state index >= 15 is 0 Å². The van der Waals surface area contributed by atoms with Gasteiger partial charge in [0.1, 0.15) is 11.8 Å². The molecule has 0 bridgehead atoms. The minimum atomic E-state index is -0.242. The minimum absolute atomic E-state index is 0.174. The third-order valence-electron chi connectivity index (χ3n) is 1.75. The van der Waals surface area contributed by atoms with Crippen LogP contribution in [-0.4, -0.2) is 19.9 Å². The Bertz CT molecular complexity index is 543. The number of nitriles is 1. The Morgan fingerprint density at radius 2 is 2.33 bits per heavy atom. The summed E-state index contributed by atoms with van der Waals surface area (Å²) in [5.74, 6) is 0.0734. The highest BCUT2D eigenvalue weighted by Crippen LogP contribution is 2.20. The zero-order valence-corrected chi connectivity index (χ0v) is 8.18. The first-order chi connectivity index (χ1) is 7.22. The maximum atomic E-state index is 9.16. The van der Waals surface area contributed by atoms with E-state index in [1.807, 2.05) is 6.07 Å². The predicted molar refractivity (Wildman–Crippen MR) is 52.7 cm³/mol. The largest absolute Gasteiger partial charge is 0.492 e. The molecule has 5 nitrogen and oxygen atoms in total. The molecule has 1 N–H and O–H groups in total. The van der Waals surface area contributed by atoms with Crippen LogP contribution < -0.4 is 0 Å². The highest BCUT2D eigenvalue weighted by atomic mass is 35.5. The second kappa shape index (κ2) is 3.59. The van der Waals surface area contributed by atoms with Crippen molar-refractivity contribution in [1.82, 2.24) is 14.8 Å². The quantitative estimate of drug-likeness (QED) is 0.790. The zero-order chi connectivity index (χ0) is 10.8. The normalized spacial score (nSPS) is 9.87. The molecule has 15 heavy (non-hydrogen) atoms. The van der Waals surface area contributed by atoms with Crippen LogP contribution in [0.1, 0.15) is 5.69 Å². The number of halogens is 1. The number of aromatic hydroxyl groups is 1. The summed E-state index contributed by atoms with van der Waals surface area (Å²) in [4.78, 5) is 3.98. The van der Waals surface area contributed by atoms with Crippen LogP contribution >= 0.6 is 11.6 Å². The Labute approximate surface area is 90.2 Å². The molecule has 2 aromatic rings. The van der Waals surface area contributed by atoms with E-state index in [2.05, 4.69) is 10.1 Å². The lowest BCUT2D eigenvalue weighted by Crippen LogP contribution is -2.02. The number of pyridine rings is 1. The van der Waals surface area contributed by atoms with Gasteiger partial charge in [-0.2, -0.15) is 9.94 Å². The van der Waals surface area contributed by atoms with Crippen LogP contribution in [0, 0.1) is 11.3 Å². The lowest BCUT2D eigenvalue weighted by atomic mass is 10.4. The Morgan fingerprint density at radius 1 is 1.53 bits per heavy atom. The summed E-state index contributed by atoms with van der Waals surface area (Å²) in [5, 5.41) is 22.0. The molecule has 0 fully saturated rings. The fraction of sp³-hybridized carbons (Fsp3) is 0. The predicted octanol–water partition coefficient (Wildman–Crippen LogP) is 1.50. The van der Waals surface area contributed by atoms with Gasteiger partial charge < -0.3 is 5.11 Å². The monoisotopic (exact) mass is 220 g/mol. The maximum absolute atomic E-state index is 9.16. The molecule has 0 atom stereocenters. The lowest BCUT2D eigenvalue weighted by molar-refractivity contribution is 0.447. The molecule has 0 unspecified atom stereocenters. The van der Waals surface area contributed by atoms with E-state index in [9.17, 15) is 0 Å². The van der Waals surface area contributed by atoms with Gasteiger partial charge in [0, 0.05) is 12.3 Å². The van der Waals surface area contributed by atoms with Gasteiger partial charge in [0.25, 0.3) is 0 Å². The summed E-state index contributed by atoms with van der Waals surface area (Å²) in [6.07, 6.45) is 1.53. The maximum Gasteiger partial charge on any atom is 0.232 e. The Balaban J connectivity index is 2.65. The van der Waals surface area contributed by atoms with Crippen molar-refractivity contribution in [1.29, 1.82) is 5.26 Å². The molecule has 74 valence electrons. The van der Waals surface area contributed by atoms with Crippen molar-refractivity contribution in [2.75, 3.05) is 0 Å². The third-order valence-corrected chi connectivity index (χ3v) is 2.05. The van der Waals surface area contributed by atoms with Crippen LogP contribution in [0.4, 0.5) is 0 Å². The average molecular weight is 221 g/mol. The summed E-state index contributed by atoms with van der Waals surface area (Å²) < 4.78 is 1.19. The van der Waals surface area contributed by atoms with Gasteiger partial charge in [-0.15, -0.1) is 5.10 Å².